The number of hydrogen-bond donors (Lipinski definition) is 1. The van der Waals surface area contributed by atoms with Crippen molar-refractivity contribution in [2.45, 2.75) is 44.8 Å². The quantitative estimate of drug-likeness (QED) is 0.830. The van der Waals surface area contributed by atoms with Crippen molar-refractivity contribution in [2.75, 3.05) is 39.3 Å². The van der Waals surface area contributed by atoms with Crippen LogP contribution in [0.15, 0.2) is 11.4 Å². The van der Waals surface area contributed by atoms with Gasteiger partial charge in [-0.1, -0.05) is 0 Å². The van der Waals surface area contributed by atoms with Crippen LogP contribution in [0.5, 0.6) is 0 Å². The summed E-state index contributed by atoms with van der Waals surface area (Å²) in [6.45, 7) is 7.34. The second-order valence-corrected chi connectivity index (χ2v) is 8.71. The van der Waals surface area contributed by atoms with Crippen LogP contribution in [-0.2, 0) is 22.6 Å². The summed E-state index contributed by atoms with van der Waals surface area (Å²) in [6, 6.07) is 2.48. The lowest BCUT2D eigenvalue weighted by molar-refractivity contribution is -0.135. The molecule has 0 bridgehead atoms. The molecule has 1 unspecified atom stereocenters. The molecular weight excluding hydrogens is 348 g/mol. The van der Waals surface area contributed by atoms with Gasteiger partial charge < -0.3 is 10.2 Å². The maximum absolute atomic E-state index is 12.7. The summed E-state index contributed by atoms with van der Waals surface area (Å²) >= 11 is 1.83. The molecule has 2 amide bonds. The molecule has 2 aliphatic heterocycles. The number of nitrogens with zero attached hydrogens (tertiary/aromatic N) is 3. The van der Waals surface area contributed by atoms with Gasteiger partial charge in [0.2, 0.25) is 11.8 Å². The highest BCUT2D eigenvalue weighted by atomic mass is 32.1. The van der Waals surface area contributed by atoms with Crippen LogP contribution in [0.25, 0.3) is 0 Å². The van der Waals surface area contributed by atoms with Gasteiger partial charge in [-0.15, -0.1) is 11.3 Å². The van der Waals surface area contributed by atoms with E-state index in [1.165, 1.54) is 10.4 Å². The van der Waals surface area contributed by atoms with E-state index < -0.39 is 0 Å². The molecule has 3 aliphatic rings. The zero-order valence-corrected chi connectivity index (χ0v) is 16.3. The number of carbonyl (C=O) groups excluding carboxylic acids is 2. The number of nitrogens with one attached hydrogen (secondary N) is 1. The van der Waals surface area contributed by atoms with Crippen molar-refractivity contribution in [2.24, 2.45) is 0 Å². The van der Waals surface area contributed by atoms with Crippen LogP contribution in [-0.4, -0.2) is 77.9 Å². The maximum atomic E-state index is 12.7. The molecule has 1 N–H and O–H groups in total. The molecule has 1 aromatic heterocycles. The standard InChI is InChI=1S/C19H28N4O2S/c1-14(19(25)20-16-2-3-16)22-7-9-23(10-8-22)18(24)13-21-6-4-17-15(12-21)5-11-26-17/h5,11,14,16H,2-4,6-10,12-13H2,1H3,(H,20,25). The van der Waals surface area contributed by atoms with E-state index >= 15 is 0 Å². The Labute approximate surface area is 159 Å². The number of rotatable bonds is 5. The summed E-state index contributed by atoms with van der Waals surface area (Å²) in [5.41, 5.74) is 1.38. The molecule has 0 spiro atoms. The molecule has 3 heterocycles. The first-order valence-corrected chi connectivity index (χ1v) is 10.6. The summed E-state index contributed by atoms with van der Waals surface area (Å²) in [7, 11) is 0. The fraction of sp³-hybridized carbons (Fsp3) is 0.684. The molecular formula is C19H28N4O2S. The second-order valence-electron chi connectivity index (χ2n) is 7.71. The van der Waals surface area contributed by atoms with E-state index in [1.807, 2.05) is 23.2 Å². The maximum Gasteiger partial charge on any atom is 0.237 e. The van der Waals surface area contributed by atoms with E-state index in [-0.39, 0.29) is 17.9 Å². The Morgan fingerprint density at radius 2 is 2.00 bits per heavy atom. The SMILES string of the molecule is CC(C(=O)NC1CC1)N1CCN(C(=O)CN2CCc3sccc3C2)CC1. The average Bonchev–Trinajstić information content (AvgIpc) is 3.34. The predicted molar refractivity (Wildman–Crippen MR) is 102 cm³/mol. The zero-order valence-electron chi connectivity index (χ0n) is 15.4. The van der Waals surface area contributed by atoms with E-state index in [9.17, 15) is 9.59 Å². The minimum atomic E-state index is -0.105. The van der Waals surface area contributed by atoms with Gasteiger partial charge >= 0.3 is 0 Å². The molecule has 0 aromatic carbocycles. The lowest BCUT2D eigenvalue weighted by Gasteiger charge is -2.38. The number of piperazine rings is 1. The monoisotopic (exact) mass is 376 g/mol. The minimum absolute atomic E-state index is 0.105. The lowest BCUT2D eigenvalue weighted by Crippen LogP contribution is -2.56. The van der Waals surface area contributed by atoms with Crippen molar-refractivity contribution in [1.82, 2.24) is 20.0 Å². The predicted octanol–water partition coefficient (Wildman–Crippen LogP) is 0.917. The smallest absolute Gasteiger partial charge is 0.237 e. The first-order chi connectivity index (χ1) is 12.6. The van der Waals surface area contributed by atoms with Crippen molar-refractivity contribution in [3.63, 3.8) is 0 Å². The Bertz CT molecular complexity index is 664. The van der Waals surface area contributed by atoms with Crippen LogP contribution in [0, 0.1) is 0 Å². The van der Waals surface area contributed by atoms with Crippen molar-refractivity contribution in [1.29, 1.82) is 0 Å². The van der Waals surface area contributed by atoms with E-state index in [1.54, 1.807) is 0 Å². The third-order valence-electron chi connectivity index (χ3n) is 5.76. The minimum Gasteiger partial charge on any atom is -0.352 e. The van der Waals surface area contributed by atoms with Gasteiger partial charge in [0, 0.05) is 50.2 Å². The van der Waals surface area contributed by atoms with Gasteiger partial charge in [-0.2, -0.15) is 0 Å². The van der Waals surface area contributed by atoms with Gasteiger partial charge in [0.05, 0.1) is 12.6 Å². The Balaban J connectivity index is 1.22. The van der Waals surface area contributed by atoms with Crippen LogP contribution < -0.4 is 5.32 Å². The van der Waals surface area contributed by atoms with Crippen LogP contribution >= 0.6 is 11.3 Å². The zero-order chi connectivity index (χ0) is 18.1. The van der Waals surface area contributed by atoms with Gasteiger partial charge in [0.25, 0.3) is 0 Å². The topological polar surface area (TPSA) is 55.9 Å². The highest BCUT2D eigenvalue weighted by Crippen LogP contribution is 2.24. The summed E-state index contributed by atoms with van der Waals surface area (Å²) in [4.78, 5) is 32.8. The molecule has 1 saturated carbocycles. The molecule has 6 nitrogen and oxygen atoms in total. The van der Waals surface area contributed by atoms with E-state index in [2.05, 4.69) is 26.6 Å². The fourth-order valence-corrected chi connectivity index (χ4v) is 4.70. The Kier molecular flexibility index (Phi) is 5.29. The largest absolute Gasteiger partial charge is 0.352 e. The molecule has 1 aliphatic carbocycles. The van der Waals surface area contributed by atoms with Crippen molar-refractivity contribution in [3.8, 4) is 0 Å². The molecule has 2 fully saturated rings. The number of amides is 2. The molecule has 1 saturated heterocycles. The molecule has 1 atom stereocenters. The summed E-state index contributed by atoms with van der Waals surface area (Å²) in [6.07, 6.45) is 3.29. The fourth-order valence-electron chi connectivity index (χ4n) is 3.81. The third kappa shape index (κ3) is 4.10. The highest BCUT2D eigenvalue weighted by Gasteiger charge is 2.31. The molecule has 0 radical (unpaired) electrons. The lowest BCUT2D eigenvalue weighted by atomic mass is 10.1. The van der Waals surface area contributed by atoms with Crippen molar-refractivity contribution >= 4 is 23.2 Å². The average molecular weight is 377 g/mol. The van der Waals surface area contributed by atoms with Gasteiger partial charge in [-0.3, -0.25) is 19.4 Å². The van der Waals surface area contributed by atoms with E-state index in [4.69, 9.17) is 0 Å². The first-order valence-electron chi connectivity index (χ1n) is 9.70. The highest BCUT2D eigenvalue weighted by molar-refractivity contribution is 7.10. The third-order valence-corrected chi connectivity index (χ3v) is 6.79. The Morgan fingerprint density at radius 1 is 1.23 bits per heavy atom. The molecule has 1 aromatic rings. The summed E-state index contributed by atoms with van der Waals surface area (Å²) < 4.78 is 0. The number of carbonyl (C=O) groups is 2. The second kappa shape index (κ2) is 7.66. The Hall–Kier alpha value is -1.44. The molecule has 4 rings (SSSR count). The summed E-state index contributed by atoms with van der Waals surface area (Å²) in [5, 5.41) is 5.23. The number of thiophene rings is 1. The van der Waals surface area contributed by atoms with Gasteiger partial charge in [-0.25, -0.2) is 0 Å². The Morgan fingerprint density at radius 3 is 2.73 bits per heavy atom. The molecule has 142 valence electrons. The van der Waals surface area contributed by atoms with Crippen molar-refractivity contribution in [3.05, 3.63) is 21.9 Å². The van der Waals surface area contributed by atoms with Gasteiger partial charge in [0.1, 0.15) is 0 Å². The molecule has 7 heteroatoms. The normalized spacial score (nSPS) is 22.7. The van der Waals surface area contributed by atoms with E-state index in [0.717, 1.165) is 58.5 Å². The van der Waals surface area contributed by atoms with Crippen LogP contribution in [0.3, 0.4) is 0 Å². The first kappa shape index (κ1) is 17.9. The number of hydrogen-bond acceptors (Lipinski definition) is 5. The van der Waals surface area contributed by atoms with Gasteiger partial charge in [-0.05, 0) is 43.2 Å². The van der Waals surface area contributed by atoms with Crippen LogP contribution in [0.4, 0.5) is 0 Å². The molecule has 26 heavy (non-hydrogen) atoms. The summed E-state index contributed by atoms with van der Waals surface area (Å²) in [5.74, 6) is 0.352. The van der Waals surface area contributed by atoms with Crippen LogP contribution in [0.1, 0.15) is 30.2 Å². The van der Waals surface area contributed by atoms with E-state index in [0.29, 0.717) is 12.6 Å². The van der Waals surface area contributed by atoms with Gasteiger partial charge in [0.15, 0.2) is 0 Å². The van der Waals surface area contributed by atoms with Crippen molar-refractivity contribution < 1.29 is 9.59 Å². The number of fused-ring (bicyclic) bond motifs is 1. The van der Waals surface area contributed by atoms with Crippen LogP contribution in [0.2, 0.25) is 0 Å².